The first-order chi connectivity index (χ1) is 15.3. The Morgan fingerprint density at radius 2 is 1.52 bits per heavy atom. The van der Waals surface area contributed by atoms with Crippen LogP contribution in [0.2, 0.25) is 0 Å². The molecule has 0 bridgehead atoms. The number of carbonyl (C=O) groups is 5. The van der Waals surface area contributed by atoms with Gasteiger partial charge in [-0.25, -0.2) is 4.79 Å². The van der Waals surface area contributed by atoms with Crippen molar-refractivity contribution in [1.82, 2.24) is 16.0 Å². The summed E-state index contributed by atoms with van der Waals surface area (Å²) in [5, 5.41) is 25.8. The molecule has 0 aliphatic heterocycles. The number of hydrogen-bond donors (Lipinski definition) is 9. The molecule has 15 nitrogen and oxygen atoms in total. The Morgan fingerprint density at radius 1 is 0.909 bits per heavy atom. The second kappa shape index (κ2) is 14.6. The maximum atomic E-state index is 12.4. The predicted octanol–water partition coefficient (Wildman–Crippen LogP) is -4.43. The molecule has 0 aliphatic carbocycles. The van der Waals surface area contributed by atoms with Gasteiger partial charge in [0.1, 0.15) is 18.1 Å². The SMILES string of the molecule is CC(NC(=O)C(N)CCCN=C(N)N)C(=O)NC(C(=O)NC(CCC(N)=O)C(=O)O)C(C)O. The number of rotatable bonds is 15. The van der Waals surface area contributed by atoms with Gasteiger partial charge in [0.25, 0.3) is 0 Å². The van der Waals surface area contributed by atoms with Gasteiger partial charge in [0.05, 0.1) is 12.1 Å². The molecule has 0 fully saturated rings. The van der Waals surface area contributed by atoms with E-state index in [4.69, 9.17) is 22.9 Å². The number of aliphatic hydroxyl groups excluding tert-OH is 1. The number of guanidine groups is 1. The van der Waals surface area contributed by atoms with Crippen molar-refractivity contribution in [3.05, 3.63) is 0 Å². The molecule has 0 aromatic rings. The first-order valence-electron chi connectivity index (χ1n) is 10.2. The van der Waals surface area contributed by atoms with Gasteiger partial charge >= 0.3 is 5.97 Å². The van der Waals surface area contributed by atoms with Gasteiger partial charge in [0.15, 0.2) is 5.96 Å². The maximum absolute atomic E-state index is 12.4. The minimum absolute atomic E-state index is 0.0856. The van der Waals surface area contributed by atoms with Crippen LogP contribution in [0.4, 0.5) is 0 Å². The highest BCUT2D eigenvalue weighted by Crippen LogP contribution is 2.02. The molecule has 5 atom stereocenters. The van der Waals surface area contributed by atoms with E-state index < -0.39 is 59.9 Å². The lowest BCUT2D eigenvalue weighted by molar-refractivity contribution is -0.143. The molecule has 0 saturated carbocycles. The van der Waals surface area contributed by atoms with Gasteiger partial charge < -0.3 is 49.1 Å². The molecule has 0 rings (SSSR count). The molecule has 0 aromatic carbocycles. The average molecular weight is 475 g/mol. The number of aliphatic hydroxyl groups is 1. The quantitative estimate of drug-likeness (QED) is 0.0623. The van der Waals surface area contributed by atoms with Crippen molar-refractivity contribution in [2.24, 2.45) is 27.9 Å². The summed E-state index contributed by atoms with van der Waals surface area (Å²) in [6, 6.07) is -5.05. The standard InChI is InChI=1S/C18H34N8O7/c1-8(24-15(30)10(19)4-3-7-23-18(21)22)14(29)26-13(9(2)27)16(31)25-11(17(32)33)5-6-12(20)28/h8-11,13,27H,3-7,19H2,1-2H3,(H2,20,28)(H,24,30)(H,25,31)(H,26,29)(H,32,33)(H4,21,22,23). The van der Waals surface area contributed by atoms with E-state index in [0.29, 0.717) is 6.42 Å². The van der Waals surface area contributed by atoms with E-state index in [1.807, 2.05) is 0 Å². The van der Waals surface area contributed by atoms with Crippen LogP contribution in [-0.2, 0) is 24.0 Å². The molecule has 5 unspecified atom stereocenters. The van der Waals surface area contributed by atoms with E-state index in [1.165, 1.54) is 13.8 Å². The lowest BCUT2D eigenvalue weighted by atomic mass is 10.1. The molecule has 188 valence electrons. The molecule has 13 N–H and O–H groups in total. The highest BCUT2D eigenvalue weighted by Gasteiger charge is 2.31. The third-order valence-electron chi connectivity index (χ3n) is 4.41. The summed E-state index contributed by atoms with van der Waals surface area (Å²) >= 11 is 0. The van der Waals surface area contributed by atoms with E-state index in [-0.39, 0.29) is 31.8 Å². The van der Waals surface area contributed by atoms with Crippen LogP contribution in [0, 0.1) is 0 Å². The summed E-state index contributed by atoms with van der Waals surface area (Å²) in [6.07, 6.45) is -1.29. The maximum Gasteiger partial charge on any atom is 0.326 e. The van der Waals surface area contributed by atoms with Gasteiger partial charge in [-0.3, -0.25) is 24.2 Å². The zero-order chi connectivity index (χ0) is 25.7. The fraction of sp³-hybridized carbons (Fsp3) is 0.667. The van der Waals surface area contributed by atoms with Gasteiger partial charge in [0, 0.05) is 13.0 Å². The first-order valence-corrected chi connectivity index (χ1v) is 10.2. The van der Waals surface area contributed by atoms with E-state index in [0.717, 1.165) is 0 Å². The van der Waals surface area contributed by atoms with Crippen molar-refractivity contribution in [2.75, 3.05) is 6.54 Å². The summed E-state index contributed by atoms with van der Waals surface area (Å²) in [5.41, 5.74) is 21.1. The molecular weight excluding hydrogens is 440 g/mol. The molecule has 4 amide bonds. The molecule has 0 radical (unpaired) electrons. The molecular formula is C18H34N8O7. The molecule has 0 saturated heterocycles. The number of carboxylic acid groups (broad SMARTS) is 1. The first kappa shape index (κ1) is 29.5. The second-order valence-electron chi connectivity index (χ2n) is 7.42. The molecule has 0 spiro atoms. The lowest BCUT2D eigenvalue weighted by Gasteiger charge is -2.25. The van der Waals surface area contributed by atoms with Crippen LogP contribution in [0.5, 0.6) is 0 Å². The van der Waals surface area contributed by atoms with Gasteiger partial charge in [-0.1, -0.05) is 0 Å². The Morgan fingerprint density at radius 3 is 2.00 bits per heavy atom. The number of carboxylic acids is 1. The summed E-state index contributed by atoms with van der Waals surface area (Å²) in [4.78, 5) is 62.9. The number of hydrogen-bond acceptors (Lipinski definition) is 8. The van der Waals surface area contributed by atoms with E-state index in [9.17, 15) is 34.2 Å². The zero-order valence-electron chi connectivity index (χ0n) is 18.6. The number of carbonyl (C=O) groups excluding carboxylic acids is 4. The van der Waals surface area contributed by atoms with Crippen LogP contribution in [0.3, 0.4) is 0 Å². The van der Waals surface area contributed by atoms with Crippen molar-refractivity contribution in [2.45, 2.75) is 69.8 Å². The van der Waals surface area contributed by atoms with Crippen molar-refractivity contribution in [3.8, 4) is 0 Å². The predicted molar refractivity (Wildman–Crippen MR) is 117 cm³/mol. The third kappa shape index (κ3) is 12.2. The van der Waals surface area contributed by atoms with Gasteiger partial charge in [0.2, 0.25) is 23.6 Å². The molecule has 0 aliphatic rings. The summed E-state index contributed by atoms with van der Waals surface area (Å²) in [5.74, 6) is -4.70. The Labute approximate surface area is 190 Å². The Kier molecular flexibility index (Phi) is 13.0. The van der Waals surface area contributed by atoms with E-state index in [1.54, 1.807) is 0 Å². The number of amides is 4. The van der Waals surface area contributed by atoms with Gasteiger partial charge in [-0.2, -0.15) is 0 Å². The minimum atomic E-state index is -1.53. The van der Waals surface area contributed by atoms with Crippen molar-refractivity contribution >= 4 is 35.6 Å². The van der Waals surface area contributed by atoms with Crippen LogP contribution < -0.4 is 38.9 Å². The summed E-state index contributed by atoms with van der Waals surface area (Å²) < 4.78 is 0. The third-order valence-corrected chi connectivity index (χ3v) is 4.41. The van der Waals surface area contributed by atoms with Gasteiger partial charge in [-0.15, -0.1) is 0 Å². The van der Waals surface area contributed by atoms with Gasteiger partial charge in [-0.05, 0) is 33.1 Å². The van der Waals surface area contributed by atoms with E-state index >= 15 is 0 Å². The highest BCUT2D eigenvalue weighted by atomic mass is 16.4. The lowest BCUT2D eigenvalue weighted by Crippen LogP contribution is -2.59. The fourth-order valence-corrected chi connectivity index (χ4v) is 2.53. The number of nitrogens with two attached hydrogens (primary N) is 4. The van der Waals surface area contributed by atoms with E-state index in [2.05, 4.69) is 20.9 Å². The highest BCUT2D eigenvalue weighted by molar-refractivity contribution is 5.94. The average Bonchev–Trinajstić information content (AvgIpc) is 2.70. The van der Waals surface area contributed by atoms with Crippen LogP contribution in [0.25, 0.3) is 0 Å². The summed E-state index contributed by atoms with van der Waals surface area (Å²) in [6.45, 7) is 2.82. The molecule has 33 heavy (non-hydrogen) atoms. The largest absolute Gasteiger partial charge is 0.480 e. The smallest absolute Gasteiger partial charge is 0.326 e. The van der Waals surface area contributed by atoms with Crippen molar-refractivity contribution < 1.29 is 34.2 Å². The van der Waals surface area contributed by atoms with Crippen LogP contribution >= 0.6 is 0 Å². The van der Waals surface area contributed by atoms with Crippen molar-refractivity contribution in [3.63, 3.8) is 0 Å². The van der Waals surface area contributed by atoms with Crippen molar-refractivity contribution in [1.29, 1.82) is 0 Å². The second-order valence-corrected chi connectivity index (χ2v) is 7.42. The summed E-state index contributed by atoms with van der Waals surface area (Å²) in [7, 11) is 0. The number of nitrogens with zero attached hydrogens (tertiary/aromatic N) is 1. The molecule has 0 aromatic heterocycles. The molecule has 0 heterocycles. The number of nitrogens with one attached hydrogen (secondary N) is 3. The molecule has 15 heteroatoms. The zero-order valence-corrected chi connectivity index (χ0v) is 18.6. The topological polar surface area (TPSA) is 278 Å². The number of primary amides is 1. The van der Waals surface area contributed by atoms with Crippen LogP contribution in [0.1, 0.15) is 39.5 Å². The van der Waals surface area contributed by atoms with Crippen LogP contribution in [-0.4, -0.2) is 82.6 Å². The fourth-order valence-electron chi connectivity index (χ4n) is 2.53. The number of aliphatic carboxylic acids is 1. The number of aliphatic imine (C=N–C) groups is 1. The monoisotopic (exact) mass is 474 g/mol. The Hall–Kier alpha value is -3.46. The Bertz CT molecular complexity index is 739. The normalized spacial score (nSPS) is 15.2. The van der Waals surface area contributed by atoms with Crippen LogP contribution in [0.15, 0.2) is 4.99 Å². The minimum Gasteiger partial charge on any atom is -0.480 e. The Balaban J connectivity index is 4.91.